The van der Waals surface area contributed by atoms with Gasteiger partial charge in [-0.3, -0.25) is 0 Å². The van der Waals surface area contributed by atoms with Crippen molar-refractivity contribution in [2.24, 2.45) is 23.7 Å². The summed E-state index contributed by atoms with van der Waals surface area (Å²) in [5.41, 5.74) is -3.08. The highest BCUT2D eigenvalue weighted by atomic mass is 16.6. The monoisotopic (exact) mass is 831 g/mol. The summed E-state index contributed by atoms with van der Waals surface area (Å²) in [4.78, 5) is 53.2. The summed E-state index contributed by atoms with van der Waals surface area (Å²) in [6, 6.07) is 13.7. The predicted molar refractivity (Wildman–Crippen MR) is 239 cm³/mol. The molecule has 0 saturated heterocycles. The Hall–Kier alpha value is -3.68. The predicted octanol–water partition coefficient (Wildman–Crippen LogP) is 13.4. The molecule has 8 nitrogen and oxygen atoms in total. The van der Waals surface area contributed by atoms with Crippen molar-refractivity contribution in [2.75, 3.05) is 0 Å². The standard InChI is InChI=1S/C52H78O8/c1-5-9-11-17-39-23-27-41(28-24-39)19-13-15-21-43-31-35-45(36-32-43)47(53)59-51(7-3,49(55)56)52(8-4,50(57)58)60-48(54)46-37-33-44(34-38-46)22-16-14-20-42-29-25-40(26-30-42)18-12-10-6-2/h31-42H,5-30H2,1-4H3,(H,55,56)(H,57,58)/t39?,40?,41?,42?,51-,52-/m0/s1. The number of aliphatic carboxylic acids is 2. The summed E-state index contributed by atoms with van der Waals surface area (Å²) in [6.07, 6.45) is 29.4. The molecule has 0 radical (unpaired) electrons. The highest BCUT2D eigenvalue weighted by Crippen LogP contribution is 2.40. The fourth-order valence-electron chi connectivity index (χ4n) is 10.2. The lowest BCUT2D eigenvalue weighted by Crippen LogP contribution is -2.67. The van der Waals surface area contributed by atoms with Crippen molar-refractivity contribution in [3.63, 3.8) is 0 Å². The second kappa shape index (κ2) is 25.3. The minimum atomic E-state index is -2.69. The first-order chi connectivity index (χ1) is 29.0. The van der Waals surface area contributed by atoms with Crippen LogP contribution in [0, 0.1) is 23.7 Å². The van der Waals surface area contributed by atoms with Crippen LogP contribution in [0.25, 0.3) is 0 Å². The molecule has 2 atom stereocenters. The fraction of sp³-hybridized carbons (Fsp3) is 0.692. The molecule has 2 aromatic rings. The average Bonchev–Trinajstić information content (AvgIpc) is 3.26. The van der Waals surface area contributed by atoms with E-state index in [-0.39, 0.29) is 11.1 Å². The van der Waals surface area contributed by atoms with Crippen LogP contribution in [0.5, 0.6) is 0 Å². The van der Waals surface area contributed by atoms with Crippen LogP contribution in [-0.4, -0.2) is 45.3 Å². The first-order valence-electron chi connectivity index (χ1n) is 24.1. The molecule has 0 spiro atoms. The van der Waals surface area contributed by atoms with Gasteiger partial charge in [-0.2, -0.15) is 0 Å². The van der Waals surface area contributed by atoms with E-state index in [0.717, 1.165) is 73.3 Å². The molecule has 0 heterocycles. The quantitative estimate of drug-likeness (QED) is 0.0673. The second-order valence-corrected chi connectivity index (χ2v) is 18.4. The Morgan fingerprint density at radius 1 is 0.467 bits per heavy atom. The van der Waals surface area contributed by atoms with E-state index in [1.54, 1.807) is 24.3 Å². The molecule has 60 heavy (non-hydrogen) atoms. The fourth-order valence-corrected chi connectivity index (χ4v) is 10.2. The topological polar surface area (TPSA) is 127 Å². The summed E-state index contributed by atoms with van der Waals surface area (Å²) in [6.45, 7) is 7.36. The molecule has 2 fully saturated rings. The lowest BCUT2D eigenvalue weighted by Gasteiger charge is -2.42. The van der Waals surface area contributed by atoms with Crippen molar-refractivity contribution in [2.45, 2.75) is 206 Å². The Balaban J connectivity index is 1.28. The van der Waals surface area contributed by atoms with Gasteiger partial charge >= 0.3 is 23.9 Å². The van der Waals surface area contributed by atoms with Gasteiger partial charge in [-0.05, 0) is 84.7 Å². The Kier molecular flexibility index (Phi) is 20.7. The van der Waals surface area contributed by atoms with E-state index in [1.807, 2.05) is 24.3 Å². The number of hydrogen-bond acceptors (Lipinski definition) is 6. The van der Waals surface area contributed by atoms with Crippen molar-refractivity contribution >= 4 is 23.9 Å². The average molecular weight is 831 g/mol. The zero-order chi connectivity index (χ0) is 43.4. The molecule has 334 valence electrons. The SMILES string of the molecule is CCCCCC1CCC(CCCCc2ccc(C(=O)O[C@@](CC)(C(=O)O)[C@@](CC)(OC(=O)c3ccc(CCCCC4CCC(CCCCC)CC4)cc3)C(=O)O)cc2)CC1. The van der Waals surface area contributed by atoms with Crippen LogP contribution < -0.4 is 0 Å². The molecular weight excluding hydrogens is 753 g/mol. The van der Waals surface area contributed by atoms with E-state index < -0.39 is 47.9 Å². The van der Waals surface area contributed by atoms with Gasteiger partial charge in [0, 0.05) is 12.8 Å². The molecule has 2 aliphatic carbocycles. The second-order valence-electron chi connectivity index (χ2n) is 18.4. The Labute approximate surface area is 362 Å². The number of aryl methyl sites for hydroxylation is 2. The minimum Gasteiger partial charge on any atom is -0.478 e. The van der Waals surface area contributed by atoms with Crippen molar-refractivity contribution in [1.82, 2.24) is 0 Å². The van der Waals surface area contributed by atoms with E-state index in [0.29, 0.717) is 0 Å². The maximum absolute atomic E-state index is 13.6. The van der Waals surface area contributed by atoms with Gasteiger partial charge in [-0.25, -0.2) is 19.2 Å². The molecule has 2 aliphatic rings. The number of hydrogen-bond donors (Lipinski definition) is 2. The summed E-state index contributed by atoms with van der Waals surface area (Å²) >= 11 is 0. The van der Waals surface area contributed by atoms with Gasteiger partial charge in [0.25, 0.3) is 11.2 Å². The van der Waals surface area contributed by atoms with E-state index in [9.17, 15) is 29.4 Å². The smallest absolute Gasteiger partial charge is 0.353 e. The van der Waals surface area contributed by atoms with Gasteiger partial charge in [0.15, 0.2) is 0 Å². The minimum absolute atomic E-state index is 0.0935. The van der Waals surface area contributed by atoms with E-state index in [2.05, 4.69) is 13.8 Å². The van der Waals surface area contributed by atoms with Crippen LogP contribution in [0.15, 0.2) is 48.5 Å². The number of benzene rings is 2. The Bertz CT molecular complexity index is 1470. The van der Waals surface area contributed by atoms with Crippen molar-refractivity contribution in [3.8, 4) is 0 Å². The lowest BCUT2D eigenvalue weighted by molar-refractivity contribution is -0.209. The van der Waals surface area contributed by atoms with Gasteiger partial charge in [-0.1, -0.05) is 180 Å². The molecule has 4 rings (SSSR count). The molecule has 0 aliphatic heterocycles. The molecule has 0 bridgehead atoms. The molecule has 0 amide bonds. The van der Waals surface area contributed by atoms with Gasteiger partial charge in [0.2, 0.25) is 0 Å². The molecule has 2 N–H and O–H groups in total. The summed E-state index contributed by atoms with van der Waals surface area (Å²) in [5, 5.41) is 21.2. The number of ether oxygens (including phenoxy) is 2. The van der Waals surface area contributed by atoms with Gasteiger partial charge < -0.3 is 19.7 Å². The van der Waals surface area contributed by atoms with Gasteiger partial charge in [-0.15, -0.1) is 0 Å². The van der Waals surface area contributed by atoms with Crippen LogP contribution in [0.1, 0.15) is 214 Å². The maximum atomic E-state index is 13.6. The van der Waals surface area contributed by atoms with Crippen LogP contribution in [-0.2, 0) is 31.9 Å². The molecular formula is C52H78O8. The van der Waals surface area contributed by atoms with Crippen molar-refractivity contribution < 1.29 is 38.9 Å². The zero-order valence-corrected chi connectivity index (χ0v) is 37.7. The Morgan fingerprint density at radius 2 is 0.750 bits per heavy atom. The van der Waals surface area contributed by atoms with Gasteiger partial charge in [0.05, 0.1) is 11.1 Å². The number of carbonyl (C=O) groups is 4. The number of carbonyl (C=O) groups excluding carboxylic acids is 2. The summed E-state index contributed by atoms with van der Waals surface area (Å²) < 4.78 is 11.4. The van der Waals surface area contributed by atoms with Crippen LogP contribution in [0.2, 0.25) is 0 Å². The third-order valence-electron chi connectivity index (χ3n) is 14.3. The molecule has 8 heteroatoms. The summed E-state index contributed by atoms with van der Waals surface area (Å²) in [7, 11) is 0. The van der Waals surface area contributed by atoms with Crippen LogP contribution in [0.3, 0.4) is 0 Å². The third-order valence-corrected chi connectivity index (χ3v) is 14.3. The zero-order valence-electron chi connectivity index (χ0n) is 37.7. The first-order valence-corrected chi connectivity index (χ1v) is 24.1. The highest BCUT2D eigenvalue weighted by Gasteiger charge is 2.66. The third kappa shape index (κ3) is 13.9. The van der Waals surface area contributed by atoms with Crippen LogP contribution >= 0.6 is 0 Å². The van der Waals surface area contributed by atoms with E-state index in [4.69, 9.17) is 9.47 Å². The highest BCUT2D eigenvalue weighted by molar-refractivity contribution is 5.99. The maximum Gasteiger partial charge on any atom is 0.353 e. The van der Waals surface area contributed by atoms with Gasteiger partial charge in [0.1, 0.15) is 0 Å². The molecule has 0 unspecified atom stereocenters. The number of esters is 2. The number of carboxylic acid groups (broad SMARTS) is 2. The van der Waals surface area contributed by atoms with Crippen LogP contribution in [0.4, 0.5) is 0 Å². The van der Waals surface area contributed by atoms with Crippen molar-refractivity contribution in [1.29, 1.82) is 0 Å². The normalized spacial score (nSPS) is 21.3. The number of carboxylic acids is 2. The number of unbranched alkanes of at least 4 members (excludes halogenated alkanes) is 6. The molecule has 2 aromatic carbocycles. The van der Waals surface area contributed by atoms with E-state index >= 15 is 0 Å². The number of rotatable bonds is 27. The molecule has 2 saturated carbocycles. The molecule has 0 aromatic heterocycles. The first kappa shape index (κ1) is 49.0. The van der Waals surface area contributed by atoms with E-state index in [1.165, 1.54) is 129 Å². The Morgan fingerprint density at radius 3 is 1.00 bits per heavy atom. The largest absolute Gasteiger partial charge is 0.478 e. The summed E-state index contributed by atoms with van der Waals surface area (Å²) in [5.74, 6) is -1.92. The van der Waals surface area contributed by atoms with Crippen molar-refractivity contribution in [3.05, 3.63) is 70.8 Å². The lowest BCUT2D eigenvalue weighted by atomic mass is 9.77.